The van der Waals surface area contributed by atoms with E-state index in [1.54, 1.807) is 4.90 Å². The molecule has 0 spiro atoms. The lowest BCUT2D eigenvalue weighted by Crippen LogP contribution is -2.43. The second-order valence-electron chi connectivity index (χ2n) is 5.87. The second-order valence-corrected chi connectivity index (χ2v) is 6.82. The Balaban J connectivity index is 1.65. The Morgan fingerprint density at radius 2 is 2.04 bits per heavy atom. The Morgan fingerprint density at radius 3 is 2.78 bits per heavy atom. The van der Waals surface area contributed by atoms with Crippen LogP contribution in [0.4, 0.5) is 5.69 Å². The number of hydrogen-bond donors (Lipinski definition) is 1. The zero-order chi connectivity index (χ0) is 16.2. The van der Waals surface area contributed by atoms with Gasteiger partial charge < -0.3 is 10.2 Å². The molecule has 0 radical (unpaired) electrons. The van der Waals surface area contributed by atoms with Crippen molar-refractivity contribution in [1.29, 1.82) is 0 Å². The van der Waals surface area contributed by atoms with Crippen LogP contribution in [0.25, 0.3) is 0 Å². The minimum absolute atomic E-state index is 0.00276. The number of benzene rings is 1. The predicted octanol–water partition coefficient (Wildman–Crippen LogP) is 3.55. The van der Waals surface area contributed by atoms with Crippen molar-refractivity contribution in [2.24, 2.45) is 5.92 Å². The van der Waals surface area contributed by atoms with Gasteiger partial charge in [0.1, 0.15) is 0 Å². The lowest BCUT2D eigenvalue weighted by molar-refractivity contribution is -0.121. The Labute approximate surface area is 140 Å². The number of amides is 2. The summed E-state index contributed by atoms with van der Waals surface area (Å²) < 4.78 is 0. The molecular weight excluding hydrogens is 308 g/mol. The van der Waals surface area contributed by atoms with Crippen molar-refractivity contribution in [2.45, 2.75) is 19.8 Å². The minimum Gasteiger partial charge on any atom is -0.337 e. The van der Waals surface area contributed by atoms with E-state index in [0.29, 0.717) is 6.54 Å². The molecule has 2 amide bonds. The molecule has 1 N–H and O–H groups in total. The highest BCUT2D eigenvalue weighted by Gasteiger charge is 2.29. The fourth-order valence-corrected chi connectivity index (χ4v) is 3.57. The highest BCUT2D eigenvalue weighted by atomic mass is 32.1. The van der Waals surface area contributed by atoms with Crippen molar-refractivity contribution in [3.8, 4) is 0 Å². The summed E-state index contributed by atoms with van der Waals surface area (Å²) in [6.07, 6.45) is 1.69. The smallest absolute Gasteiger partial charge is 0.263 e. The molecule has 1 aromatic carbocycles. The first kappa shape index (κ1) is 15.7. The molecule has 1 saturated heterocycles. The third-order valence-corrected chi connectivity index (χ3v) is 5.07. The first-order valence-electron chi connectivity index (χ1n) is 7.84. The number of carbonyl (C=O) groups excluding carboxylic acids is 2. The van der Waals surface area contributed by atoms with Crippen LogP contribution < -0.4 is 5.32 Å². The maximum atomic E-state index is 12.5. The summed E-state index contributed by atoms with van der Waals surface area (Å²) in [5.41, 5.74) is 1.89. The van der Waals surface area contributed by atoms with Crippen molar-refractivity contribution < 1.29 is 9.59 Å². The SMILES string of the molecule is Cc1ccccc1NC(=O)C1CCCN(C(=O)c2cccs2)C1. The molecule has 1 aliphatic rings. The van der Waals surface area contributed by atoms with E-state index in [9.17, 15) is 9.59 Å². The molecule has 5 heteroatoms. The summed E-state index contributed by atoms with van der Waals surface area (Å²) in [5.74, 6) is -0.108. The lowest BCUT2D eigenvalue weighted by Gasteiger charge is -2.31. The van der Waals surface area contributed by atoms with Crippen LogP contribution in [0.1, 0.15) is 28.1 Å². The zero-order valence-corrected chi connectivity index (χ0v) is 13.9. The standard InChI is InChI=1S/C18H20N2O2S/c1-13-6-2-3-8-15(13)19-17(21)14-7-4-10-20(12-14)18(22)16-9-5-11-23-16/h2-3,5-6,8-9,11,14H,4,7,10,12H2,1H3,(H,19,21). The Morgan fingerprint density at radius 1 is 1.22 bits per heavy atom. The molecule has 3 rings (SSSR count). The molecule has 2 aromatic rings. The van der Waals surface area contributed by atoms with Crippen molar-refractivity contribution >= 4 is 28.8 Å². The Bertz CT molecular complexity index is 697. The fraction of sp³-hybridized carbons (Fsp3) is 0.333. The van der Waals surface area contributed by atoms with Crippen LogP contribution in [0.2, 0.25) is 0 Å². The van der Waals surface area contributed by atoms with Crippen molar-refractivity contribution in [2.75, 3.05) is 18.4 Å². The summed E-state index contributed by atoms with van der Waals surface area (Å²) in [6.45, 7) is 3.20. The molecule has 4 nitrogen and oxygen atoms in total. The van der Waals surface area contributed by atoms with Gasteiger partial charge in [0.15, 0.2) is 0 Å². The number of thiophene rings is 1. The van der Waals surface area contributed by atoms with E-state index in [2.05, 4.69) is 5.32 Å². The number of hydrogen-bond acceptors (Lipinski definition) is 3. The molecule has 1 aliphatic heterocycles. The van der Waals surface area contributed by atoms with Gasteiger partial charge in [-0.25, -0.2) is 0 Å². The summed E-state index contributed by atoms with van der Waals surface area (Å²) >= 11 is 1.45. The summed E-state index contributed by atoms with van der Waals surface area (Å²) in [4.78, 5) is 27.5. The Kier molecular flexibility index (Phi) is 4.76. The molecule has 1 atom stereocenters. The number of nitrogens with zero attached hydrogens (tertiary/aromatic N) is 1. The number of para-hydroxylation sites is 1. The van der Waals surface area contributed by atoms with Gasteiger partial charge in [-0.1, -0.05) is 24.3 Å². The van der Waals surface area contributed by atoms with Crippen LogP contribution in [0.3, 0.4) is 0 Å². The van der Waals surface area contributed by atoms with Crippen LogP contribution >= 0.6 is 11.3 Å². The van der Waals surface area contributed by atoms with Gasteiger partial charge in [-0.15, -0.1) is 11.3 Å². The van der Waals surface area contributed by atoms with Crippen LogP contribution in [-0.2, 0) is 4.79 Å². The highest BCUT2D eigenvalue weighted by molar-refractivity contribution is 7.12. The highest BCUT2D eigenvalue weighted by Crippen LogP contribution is 2.22. The average Bonchev–Trinajstić information content (AvgIpc) is 3.11. The molecular formula is C18H20N2O2S. The maximum Gasteiger partial charge on any atom is 0.263 e. The fourth-order valence-electron chi connectivity index (χ4n) is 2.88. The summed E-state index contributed by atoms with van der Waals surface area (Å²) in [6, 6.07) is 11.5. The van der Waals surface area contributed by atoms with Gasteiger partial charge in [-0.2, -0.15) is 0 Å². The summed E-state index contributed by atoms with van der Waals surface area (Å²) in [5, 5.41) is 4.90. The van der Waals surface area contributed by atoms with Crippen molar-refractivity contribution in [3.63, 3.8) is 0 Å². The van der Waals surface area contributed by atoms with Gasteiger partial charge in [0.05, 0.1) is 10.8 Å². The maximum absolute atomic E-state index is 12.5. The largest absolute Gasteiger partial charge is 0.337 e. The van der Waals surface area contributed by atoms with Gasteiger partial charge in [-0.3, -0.25) is 9.59 Å². The van der Waals surface area contributed by atoms with E-state index in [1.807, 2.05) is 48.7 Å². The van der Waals surface area contributed by atoms with E-state index in [-0.39, 0.29) is 17.7 Å². The molecule has 0 saturated carbocycles. The number of rotatable bonds is 3. The van der Waals surface area contributed by atoms with E-state index >= 15 is 0 Å². The first-order valence-corrected chi connectivity index (χ1v) is 8.72. The molecule has 1 unspecified atom stereocenters. The van der Waals surface area contributed by atoms with Crippen molar-refractivity contribution in [1.82, 2.24) is 4.90 Å². The van der Waals surface area contributed by atoms with Crippen LogP contribution in [0, 0.1) is 12.8 Å². The van der Waals surface area contributed by atoms with E-state index < -0.39 is 0 Å². The third kappa shape index (κ3) is 3.62. The number of anilines is 1. The number of nitrogens with one attached hydrogen (secondary N) is 1. The number of carbonyl (C=O) groups is 2. The molecule has 1 aromatic heterocycles. The third-order valence-electron chi connectivity index (χ3n) is 4.21. The average molecular weight is 328 g/mol. The van der Waals surface area contributed by atoms with E-state index in [4.69, 9.17) is 0 Å². The molecule has 23 heavy (non-hydrogen) atoms. The van der Waals surface area contributed by atoms with E-state index in [1.165, 1.54) is 11.3 Å². The number of likely N-dealkylation sites (tertiary alicyclic amines) is 1. The molecule has 0 aliphatic carbocycles. The normalized spacial score (nSPS) is 17.8. The van der Waals surface area contributed by atoms with Gasteiger partial charge in [0.2, 0.25) is 5.91 Å². The van der Waals surface area contributed by atoms with Gasteiger partial charge in [0.25, 0.3) is 5.91 Å². The monoisotopic (exact) mass is 328 g/mol. The summed E-state index contributed by atoms with van der Waals surface area (Å²) in [7, 11) is 0. The second kappa shape index (κ2) is 6.96. The van der Waals surface area contributed by atoms with Crippen LogP contribution in [-0.4, -0.2) is 29.8 Å². The predicted molar refractivity (Wildman–Crippen MR) is 92.8 cm³/mol. The van der Waals surface area contributed by atoms with Gasteiger partial charge in [-0.05, 0) is 42.8 Å². The molecule has 2 heterocycles. The molecule has 1 fully saturated rings. The zero-order valence-electron chi connectivity index (χ0n) is 13.1. The lowest BCUT2D eigenvalue weighted by atomic mass is 9.96. The first-order chi connectivity index (χ1) is 11.1. The number of aryl methyl sites for hydroxylation is 1. The van der Waals surface area contributed by atoms with E-state index in [0.717, 1.165) is 35.5 Å². The van der Waals surface area contributed by atoms with Crippen molar-refractivity contribution in [3.05, 3.63) is 52.2 Å². The van der Waals surface area contributed by atoms with Gasteiger partial charge in [0, 0.05) is 18.8 Å². The van der Waals surface area contributed by atoms with Crippen LogP contribution in [0.5, 0.6) is 0 Å². The Hall–Kier alpha value is -2.14. The molecule has 120 valence electrons. The minimum atomic E-state index is -0.146. The quantitative estimate of drug-likeness (QED) is 0.937. The molecule has 0 bridgehead atoms. The van der Waals surface area contributed by atoms with Crippen LogP contribution in [0.15, 0.2) is 41.8 Å². The topological polar surface area (TPSA) is 49.4 Å². The van der Waals surface area contributed by atoms with Gasteiger partial charge >= 0.3 is 0 Å². The number of piperidine rings is 1.